The lowest BCUT2D eigenvalue weighted by atomic mass is 10.1. The van der Waals surface area contributed by atoms with Gasteiger partial charge >= 0.3 is 0 Å². The number of hydrogen-bond donors (Lipinski definition) is 1. The molecule has 1 N–H and O–H groups in total. The van der Waals surface area contributed by atoms with E-state index in [1.54, 1.807) is 17.0 Å². The van der Waals surface area contributed by atoms with Gasteiger partial charge in [0.15, 0.2) is 5.76 Å². The number of rotatable bonds is 3. The quantitative estimate of drug-likeness (QED) is 0.943. The monoisotopic (exact) mass is 318 g/mol. The summed E-state index contributed by atoms with van der Waals surface area (Å²) in [6.07, 6.45) is 1.95. The number of benzene rings is 1. The maximum atomic E-state index is 12.6. The molecule has 0 saturated carbocycles. The number of amides is 1. The average Bonchev–Trinajstić information content (AvgIpc) is 3.04. The molecule has 0 radical (unpaired) electrons. The van der Waals surface area contributed by atoms with E-state index in [0.717, 1.165) is 31.5 Å². The predicted octanol–water partition coefficient (Wildman–Crippen LogP) is 3.42. The minimum atomic E-state index is -0.0785. The topological polar surface area (TPSA) is 45.5 Å². The molecule has 4 nitrogen and oxygen atoms in total. The normalized spacial score (nSPS) is 15.7. The molecular formula is C17H19ClN2O2. The fraction of sp³-hybridized carbons (Fsp3) is 0.353. The lowest BCUT2D eigenvalue weighted by Gasteiger charge is -2.31. The number of halogens is 1. The van der Waals surface area contributed by atoms with Crippen LogP contribution in [0.5, 0.6) is 0 Å². The van der Waals surface area contributed by atoms with Crippen molar-refractivity contribution in [2.75, 3.05) is 20.1 Å². The van der Waals surface area contributed by atoms with Crippen molar-refractivity contribution < 1.29 is 9.21 Å². The first kappa shape index (κ1) is 15.1. The highest BCUT2D eigenvalue weighted by Gasteiger charge is 2.25. The Morgan fingerprint density at radius 1 is 1.23 bits per heavy atom. The third kappa shape index (κ3) is 3.03. The van der Waals surface area contributed by atoms with Gasteiger partial charge in [0.1, 0.15) is 5.76 Å². The number of nitrogens with one attached hydrogen (secondary N) is 1. The van der Waals surface area contributed by atoms with E-state index in [4.69, 9.17) is 16.0 Å². The smallest absolute Gasteiger partial charge is 0.289 e. The van der Waals surface area contributed by atoms with Crippen LogP contribution in [0, 0.1) is 0 Å². The van der Waals surface area contributed by atoms with Crippen LogP contribution in [-0.2, 0) is 0 Å². The molecule has 1 aromatic carbocycles. The van der Waals surface area contributed by atoms with E-state index in [1.165, 1.54) is 0 Å². The zero-order valence-electron chi connectivity index (χ0n) is 12.5. The van der Waals surface area contributed by atoms with E-state index in [1.807, 2.05) is 31.3 Å². The van der Waals surface area contributed by atoms with Crippen LogP contribution >= 0.6 is 11.6 Å². The lowest BCUT2D eigenvalue weighted by Crippen LogP contribution is -2.43. The molecule has 1 saturated heterocycles. The Balaban J connectivity index is 1.78. The second kappa shape index (κ2) is 6.55. The zero-order chi connectivity index (χ0) is 15.5. The summed E-state index contributed by atoms with van der Waals surface area (Å²) in [5.74, 6) is 0.897. The number of carbonyl (C=O) groups is 1. The fourth-order valence-electron chi connectivity index (χ4n) is 2.79. The van der Waals surface area contributed by atoms with Crippen LogP contribution < -0.4 is 5.32 Å². The average molecular weight is 319 g/mol. The summed E-state index contributed by atoms with van der Waals surface area (Å²) in [6.45, 7) is 1.90. The molecule has 1 aliphatic heterocycles. The van der Waals surface area contributed by atoms with Crippen molar-refractivity contribution in [1.29, 1.82) is 0 Å². The van der Waals surface area contributed by atoms with Crippen molar-refractivity contribution in [3.63, 3.8) is 0 Å². The van der Waals surface area contributed by atoms with Crippen LogP contribution in [0.1, 0.15) is 23.4 Å². The Hall–Kier alpha value is -1.78. The minimum Gasteiger partial charge on any atom is -0.451 e. The van der Waals surface area contributed by atoms with Crippen LogP contribution in [0.3, 0.4) is 0 Å². The molecule has 1 aliphatic rings. The summed E-state index contributed by atoms with van der Waals surface area (Å²) in [7, 11) is 1.84. The molecule has 2 aromatic rings. The Labute approximate surface area is 135 Å². The first-order valence-electron chi connectivity index (χ1n) is 7.49. The maximum absolute atomic E-state index is 12.6. The Bertz CT molecular complexity index is 662. The van der Waals surface area contributed by atoms with Gasteiger partial charge in [-0.15, -0.1) is 0 Å². The van der Waals surface area contributed by atoms with Crippen molar-refractivity contribution in [3.05, 3.63) is 47.2 Å². The van der Waals surface area contributed by atoms with Gasteiger partial charge in [0.05, 0.1) is 5.02 Å². The molecule has 116 valence electrons. The summed E-state index contributed by atoms with van der Waals surface area (Å²) in [6, 6.07) is 11.2. The van der Waals surface area contributed by atoms with Crippen molar-refractivity contribution in [1.82, 2.24) is 10.2 Å². The van der Waals surface area contributed by atoms with Crippen molar-refractivity contribution in [2.24, 2.45) is 0 Å². The summed E-state index contributed by atoms with van der Waals surface area (Å²) < 4.78 is 5.73. The second-order valence-electron chi connectivity index (χ2n) is 5.54. The number of carbonyl (C=O) groups excluding carboxylic acids is 1. The van der Waals surface area contributed by atoms with E-state index >= 15 is 0 Å². The van der Waals surface area contributed by atoms with E-state index in [9.17, 15) is 4.79 Å². The van der Waals surface area contributed by atoms with Gasteiger partial charge in [-0.05, 0) is 50.2 Å². The molecule has 1 fully saturated rings. The molecule has 3 rings (SSSR count). The highest BCUT2D eigenvalue weighted by Crippen LogP contribution is 2.29. The molecule has 22 heavy (non-hydrogen) atoms. The Kier molecular flexibility index (Phi) is 4.50. The highest BCUT2D eigenvalue weighted by atomic mass is 35.5. The van der Waals surface area contributed by atoms with Gasteiger partial charge in [-0.2, -0.15) is 0 Å². The summed E-state index contributed by atoms with van der Waals surface area (Å²) in [4.78, 5) is 14.3. The third-order valence-electron chi connectivity index (χ3n) is 4.13. The van der Waals surface area contributed by atoms with E-state index in [-0.39, 0.29) is 11.9 Å². The molecule has 0 bridgehead atoms. The molecule has 1 aromatic heterocycles. The molecule has 0 atom stereocenters. The molecule has 2 heterocycles. The number of nitrogens with zero attached hydrogens (tertiary/aromatic N) is 1. The molecular weight excluding hydrogens is 300 g/mol. The van der Waals surface area contributed by atoms with Crippen molar-refractivity contribution in [3.8, 4) is 11.3 Å². The van der Waals surface area contributed by atoms with Gasteiger partial charge in [-0.3, -0.25) is 4.79 Å². The van der Waals surface area contributed by atoms with Gasteiger partial charge in [0.25, 0.3) is 5.91 Å². The van der Waals surface area contributed by atoms with Gasteiger partial charge in [0, 0.05) is 18.7 Å². The Morgan fingerprint density at radius 2 is 1.95 bits per heavy atom. The van der Waals surface area contributed by atoms with Crippen molar-refractivity contribution >= 4 is 17.5 Å². The SMILES string of the molecule is CN(C(=O)c1ccc(-c2ccccc2Cl)o1)C1CCNCC1. The van der Waals surface area contributed by atoms with Crippen LogP contribution in [0.25, 0.3) is 11.3 Å². The minimum absolute atomic E-state index is 0.0785. The third-order valence-corrected chi connectivity index (χ3v) is 4.46. The van der Waals surface area contributed by atoms with Gasteiger partial charge in [-0.25, -0.2) is 0 Å². The largest absolute Gasteiger partial charge is 0.451 e. The molecule has 0 aliphatic carbocycles. The van der Waals surface area contributed by atoms with Crippen LogP contribution in [-0.4, -0.2) is 37.0 Å². The second-order valence-corrected chi connectivity index (χ2v) is 5.95. The number of hydrogen-bond acceptors (Lipinski definition) is 3. The van der Waals surface area contributed by atoms with Crippen LogP contribution in [0.4, 0.5) is 0 Å². The highest BCUT2D eigenvalue weighted by molar-refractivity contribution is 6.33. The fourth-order valence-corrected chi connectivity index (χ4v) is 3.02. The Morgan fingerprint density at radius 3 is 2.68 bits per heavy atom. The van der Waals surface area contributed by atoms with E-state index in [2.05, 4.69) is 5.32 Å². The van der Waals surface area contributed by atoms with Gasteiger partial charge in [0.2, 0.25) is 0 Å². The van der Waals surface area contributed by atoms with E-state index < -0.39 is 0 Å². The lowest BCUT2D eigenvalue weighted by molar-refractivity contribution is 0.0672. The summed E-state index contributed by atoms with van der Waals surface area (Å²) >= 11 is 6.17. The van der Waals surface area contributed by atoms with Crippen LogP contribution in [0.2, 0.25) is 5.02 Å². The maximum Gasteiger partial charge on any atom is 0.289 e. The summed E-state index contributed by atoms with van der Waals surface area (Å²) in [5.41, 5.74) is 0.799. The molecule has 1 amide bonds. The van der Waals surface area contributed by atoms with Crippen molar-refractivity contribution in [2.45, 2.75) is 18.9 Å². The van der Waals surface area contributed by atoms with Gasteiger partial charge < -0.3 is 14.6 Å². The molecule has 0 unspecified atom stereocenters. The van der Waals surface area contributed by atoms with E-state index in [0.29, 0.717) is 16.5 Å². The number of piperidine rings is 1. The standard InChI is InChI=1S/C17H19ClN2O2/c1-20(12-8-10-19-11-9-12)17(21)16-7-6-15(22-16)13-4-2-3-5-14(13)18/h2-7,12,19H,8-11H2,1H3. The summed E-state index contributed by atoms with van der Waals surface area (Å²) in [5, 5.41) is 3.92. The molecule has 0 spiro atoms. The molecule has 5 heteroatoms. The van der Waals surface area contributed by atoms with Crippen LogP contribution in [0.15, 0.2) is 40.8 Å². The first-order chi connectivity index (χ1) is 10.7. The number of furan rings is 1. The van der Waals surface area contributed by atoms with Gasteiger partial charge in [-0.1, -0.05) is 23.7 Å². The zero-order valence-corrected chi connectivity index (χ0v) is 13.3. The first-order valence-corrected chi connectivity index (χ1v) is 7.87. The predicted molar refractivity (Wildman–Crippen MR) is 87.1 cm³/mol.